The molecule has 0 spiro atoms. The van der Waals surface area contributed by atoms with Crippen LogP contribution in [0.2, 0.25) is 15.1 Å². The maximum absolute atomic E-state index is 13.5. The third-order valence-electron chi connectivity index (χ3n) is 4.19. The normalized spacial score (nSPS) is 11.7. The Balaban J connectivity index is 1.98. The summed E-state index contributed by atoms with van der Waals surface area (Å²) in [6, 6.07) is 9.11. The van der Waals surface area contributed by atoms with E-state index < -0.39 is 11.8 Å². The molecule has 1 unspecified atom stereocenters. The second-order valence-corrected chi connectivity index (χ2v) is 7.98. The average molecular weight is 499 g/mol. The maximum Gasteiger partial charge on any atom is 0.332 e. The largest absolute Gasteiger partial charge is 0.383 e. The van der Waals surface area contributed by atoms with E-state index in [2.05, 4.69) is 20.6 Å². The molecule has 7 nitrogen and oxygen atoms in total. The van der Waals surface area contributed by atoms with Gasteiger partial charge < -0.3 is 15.4 Å². The van der Waals surface area contributed by atoms with Crippen LogP contribution < -0.4 is 15.5 Å². The number of rotatable bonds is 7. The molecule has 168 valence electrons. The number of methoxy groups -OCH3 is 1. The van der Waals surface area contributed by atoms with E-state index in [1.54, 1.807) is 13.2 Å². The minimum Gasteiger partial charge on any atom is -0.383 e. The number of nitrogens with zero attached hydrogens (tertiary/aromatic N) is 3. The summed E-state index contributed by atoms with van der Waals surface area (Å²) in [5.74, 6) is 0.0725. The maximum atomic E-state index is 13.5. The van der Waals surface area contributed by atoms with Crippen LogP contribution >= 0.6 is 34.8 Å². The second-order valence-electron chi connectivity index (χ2n) is 6.73. The first-order valence-corrected chi connectivity index (χ1v) is 10.5. The van der Waals surface area contributed by atoms with Gasteiger partial charge in [0.05, 0.1) is 28.0 Å². The van der Waals surface area contributed by atoms with E-state index in [0.29, 0.717) is 17.3 Å². The lowest BCUT2D eigenvalue weighted by molar-refractivity contribution is 0.190. The van der Waals surface area contributed by atoms with Gasteiger partial charge >= 0.3 is 6.03 Å². The fourth-order valence-electron chi connectivity index (χ4n) is 2.82. The van der Waals surface area contributed by atoms with Gasteiger partial charge in [-0.1, -0.05) is 34.8 Å². The fraction of sp³-hybridized carbons (Fsp3) is 0.190. The van der Waals surface area contributed by atoms with Gasteiger partial charge in [0.2, 0.25) is 5.95 Å². The molecule has 0 aliphatic heterocycles. The molecule has 0 aliphatic carbocycles. The van der Waals surface area contributed by atoms with Crippen LogP contribution in [0.1, 0.15) is 6.92 Å². The number of hydrogen-bond acceptors (Lipinski definition) is 5. The van der Waals surface area contributed by atoms with Crippen molar-refractivity contribution in [2.45, 2.75) is 13.0 Å². The molecule has 0 radical (unpaired) electrons. The Hall–Kier alpha value is -2.65. The summed E-state index contributed by atoms with van der Waals surface area (Å²) in [6.45, 7) is 2.33. The summed E-state index contributed by atoms with van der Waals surface area (Å²) in [7, 11) is 1.59. The van der Waals surface area contributed by atoms with Crippen LogP contribution in [0, 0.1) is 5.82 Å². The SMILES string of the molecule is COCC(C)Nc1nccc(N(C(=O)Nc2c(Cl)cc(Cl)cc2Cl)c2ccc(F)cc2)n1. The molecule has 2 amide bonds. The summed E-state index contributed by atoms with van der Waals surface area (Å²) in [5, 5.41) is 6.40. The van der Waals surface area contributed by atoms with E-state index in [1.165, 1.54) is 47.5 Å². The standard InChI is InChI=1S/C21H19Cl3FN5O2/c1-12(11-32-2)27-20-26-8-7-18(28-20)30(15-5-3-14(25)4-6-15)21(31)29-19-16(23)9-13(22)10-17(19)24/h3-10,12H,11H2,1-2H3,(H,29,31)(H,26,27,28). The van der Waals surface area contributed by atoms with E-state index in [4.69, 9.17) is 39.5 Å². The second kappa shape index (κ2) is 10.8. The minimum atomic E-state index is -0.627. The molecule has 1 atom stereocenters. The molecule has 0 saturated heterocycles. The van der Waals surface area contributed by atoms with Gasteiger partial charge in [-0.15, -0.1) is 0 Å². The first-order chi connectivity index (χ1) is 15.3. The molecule has 3 aromatic rings. The van der Waals surface area contributed by atoms with Crippen LogP contribution in [0.25, 0.3) is 0 Å². The van der Waals surface area contributed by atoms with Crippen molar-refractivity contribution in [1.29, 1.82) is 0 Å². The zero-order valence-electron chi connectivity index (χ0n) is 17.1. The molecular formula is C21H19Cl3FN5O2. The van der Waals surface area contributed by atoms with Crippen molar-refractivity contribution in [3.63, 3.8) is 0 Å². The van der Waals surface area contributed by atoms with Gasteiger partial charge in [0.1, 0.15) is 11.6 Å². The molecule has 1 heterocycles. The quantitative estimate of drug-likeness (QED) is 0.394. The lowest BCUT2D eigenvalue weighted by atomic mass is 10.2. The number of anilines is 4. The molecule has 3 rings (SSSR count). The number of urea groups is 1. The van der Waals surface area contributed by atoms with Gasteiger partial charge in [0.15, 0.2) is 0 Å². The highest BCUT2D eigenvalue weighted by Gasteiger charge is 2.22. The molecule has 2 N–H and O–H groups in total. The number of aromatic nitrogens is 2. The number of benzene rings is 2. The highest BCUT2D eigenvalue weighted by Crippen LogP contribution is 2.35. The molecule has 0 saturated carbocycles. The van der Waals surface area contributed by atoms with E-state index >= 15 is 0 Å². The lowest BCUT2D eigenvalue weighted by Crippen LogP contribution is -2.32. The van der Waals surface area contributed by atoms with E-state index in [9.17, 15) is 9.18 Å². The van der Waals surface area contributed by atoms with Crippen molar-refractivity contribution < 1.29 is 13.9 Å². The number of carbonyl (C=O) groups is 1. The smallest absolute Gasteiger partial charge is 0.332 e. The van der Waals surface area contributed by atoms with Crippen molar-refractivity contribution in [3.8, 4) is 0 Å². The van der Waals surface area contributed by atoms with Crippen LogP contribution in [-0.4, -0.2) is 35.8 Å². The molecule has 0 fully saturated rings. The van der Waals surface area contributed by atoms with E-state index in [-0.39, 0.29) is 33.5 Å². The Morgan fingerprint density at radius 3 is 2.44 bits per heavy atom. The average Bonchev–Trinajstić information content (AvgIpc) is 2.73. The molecule has 1 aromatic heterocycles. The Labute approximate surface area is 199 Å². The summed E-state index contributed by atoms with van der Waals surface area (Å²) in [6.07, 6.45) is 1.50. The third-order valence-corrected chi connectivity index (χ3v) is 5.00. The van der Waals surface area contributed by atoms with Gasteiger partial charge in [-0.05, 0) is 43.3 Å². The van der Waals surface area contributed by atoms with Crippen molar-refractivity contribution in [2.24, 2.45) is 0 Å². The van der Waals surface area contributed by atoms with Crippen molar-refractivity contribution in [3.05, 3.63) is 69.5 Å². The van der Waals surface area contributed by atoms with E-state index in [1.807, 2.05) is 6.92 Å². The molecule has 2 aromatic carbocycles. The topological polar surface area (TPSA) is 79.4 Å². The summed E-state index contributed by atoms with van der Waals surface area (Å²) in [4.78, 5) is 23.1. The minimum absolute atomic E-state index is 0.0740. The van der Waals surface area contributed by atoms with Crippen molar-refractivity contribution >= 4 is 64.0 Å². The predicted molar refractivity (Wildman–Crippen MR) is 126 cm³/mol. The first kappa shape index (κ1) is 24.0. The summed E-state index contributed by atoms with van der Waals surface area (Å²) < 4.78 is 18.6. The van der Waals surface area contributed by atoms with Crippen LogP contribution in [-0.2, 0) is 4.74 Å². The molecule has 32 heavy (non-hydrogen) atoms. The molecule has 0 aliphatic rings. The van der Waals surface area contributed by atoms with Crippen LogP contribution in [0.5, 0.6) is 0 Å². The molecule has 0 bridgehead atoms. The highest BCUT2D eigenvalue weighted by atomic mass is 35.5. The Morgan fingerprint density at radius 2 is 1.81 bits per heavy atom. The monoisotopic (exact) mass is 497 g/mol. The lowest BCUT2D eigenvalue weighted by Gasteiger charge is -2.23. The van der Waals surface area contributed by atoms with Crippen molar-refractivity contribution in [1.82, 2.24) is 9.97 Å². The van der Waals surface area contributed by atoms with Gasteiger partial charge in [0, 0.05) is 30.4 Å². The summed E-state index contributed by atoms with van der Waals surface area (Å²) in [5.41, 5.74) is 0.538. The zero-order chi connectivity index (χ0) is 23.3. The van der Waals surface area contributed by atoms with Gasteiger partial charge in [-0.25, -0.2) is 19.1 Å². The molecular weight excluding hydrogens is 480 g/mol. The summed E-state index contributed by atoms with van der Waals surface area (Å²) >= 11 is 18.4. The van der Waals surface area contributed by atoms with Gasteiger partial charge in [0.25, 0.3) is 0 Å². The third kappa shape index (κ3) is 5.98. The Morgan fingerprint density at radius 1 is 1.16 bits per heavy atom. The van der Waals surface area contributed by atoms with Crippen LogP contribution in [0.3, 0.4) is 0 Å². The van der Waals surface area contributed by atoms with Crippen LogP contribution in [0.15, 0.2) is 48.7 Å². The molecule has 11 heteroatoms. The van der Waals surface area contributed by atoms with Crippen molar-refractivity contribution in [2.75, 3.05) is 29.3 Å². The first-order valence-electron chi connectivity index (χ1n) is 9.38. The predicted octanol–water partition coefficient (Wildman–Crippen LogP) is 6.39. The van der Waals surface area contributed by atoms with Crippen LogP contribution in [0.4, 0.5) is 32.3 Å². The number of amides is 2. The Kier molecular flexibility index (Phi) is 8.09. The number of nitrogens with one attached hydrogen (secondary N) is 2. The zero-order valence-corrected chi connectivity index (χ0v) is 19.3. The van der Waals surface area contributed by atoms with Gasteiger partial charge in [-0.2, -0.15) is 4.98 Å². The fourth-order valence-corrected chi connectivity index (χ4v) is 3.73. The van der Waals surface area contributed by atoms with Gasteiger partial charge in [-0.3, -0.25) is 0 Å². The number of halogens is 4. The number of hydrogen-bond donors (Lipinski definition) is 2. The van der Waals surface area contributed by atoms with E-state index in [0.717, 1.165) is 0 Å². The number of ether oxygens (including phenoxy) is 1. The Bertz CT molecular complexity index is 1080. The highest BCUT2D eigenvalue weighted by molar-refractivity contribution is 6.42. The number of carbonyl (C=O) groups excluding carboxylic acids is 1.